The lowest BCUT2D eigenvalue weighted by Gasteiger charge is -2.43. The predicted octanol–water partition coefficient (Wildman–Crippen LogP) is 8.30. The van der Waals surface area contributed by atoms with Gasteiger partial charge < -0.3 is 54.9 Å². The average Bonchev–Trinajstić information content (AvgIpc) is 4.27. The number of aliphatic hydroxyl groups excluding tert-OH is 1. The number of aromatic nitrogens is 5. The number of phenols is 1. The van der Waals surface area contributed by atoms with Gasteiger partial charge in [-0.3, -0.25) is 9.59 Å². The number of carbonyl (C=O) groups excluding carboxylic acids is 2. The molecule has 2 bridgehead atoms. The number of thiazole rings is 1. The third-order valence-corrected chi connectivity index (χ3v) is 17.8. The number of hydrogen-bond donors (Lipinski definition) is 4. The molecule has 4 aromatic heterocycles. The number of benzene rings is 2. The second-order valence-electron chi connectivity index (χ2n) is 22.6. The Morgan fingerprint density at radius 2 is 1.67 bits per heavy atom. The van der Waals surface area contributed by atoms with Crippen molar-refractivity contribution in [3.63, 3.8) is 0 Å². The molecule has 5 aliphatic rings. The summed E-state index contributed by atoms with van der Waals surface area (Å²) >= 11 is 1.21. The van der Waals surface area contributed by atoms with Gasteiger partial charge in [-0.05, 0) is 131 Å². The van der Waals surface area contributed by atoms with E-state index < -0.39 is 47.6 Å². The fourth-order valence-corrected chi connectivity index (χ4v) is 13.4. The summed E-state index contributed by atoms with van der Waals surface area (Å²) in [5.74, 6) is -0.532. The fourth-order valence-electron chi connectivity index (χ4n) is 12.6. The molecule has 1 aliphatic carbocycles. The van der Waals surface area contributed by atoms with E-state index in [0.717, 1.165) is 101 Å². The van der Waals surface area contributed by atoms with Crippen LogP contribution in [0.3, 0.4) is 0 Å². The third-order valence-electron chi connectivity index (χ3n) is 16.8. The molecule has 0 spiro atoms. The van der Waals surface area contributed by atoms with Crippen LogP contribution in [0.25, 0.3) is 21.7 Å². The Bertz CT molecular complexity index is 3130. The Hall–Kier alpha value is -6.97. The van der Waals surface area contributed by atoms with Crippen molar-refractivity contribution < 1.29 is 42.6 Å². The number of aromatic hydroxyl groups is 1. The number of piperidine rings is 1. The summed E-state index contributed by atoms with van der Waals surface area (Å²) in [7, 11) is 0. The lowest BCUT2D eigenvalue weighted by atomic mass is 9.81. The Kier molecular flexibility index (Phi) is 15.7. The van der Waals surface area contributed by atoms with Crippen molar-refractivity contribution in [2.45, 2.75) is 121 Å². The largest absolute Gasteiger partial charge is 0.507 e. The third kappa shape index (κ3) is 11.6. The minimum atomic E-state index is -1.04. The lowest BCUT2D eigenvalue weighted by molar-refractivity contribution is -0.141. The van der Waals surface area contributed by atoms with Crippen LogP contribution >= 0.6 is 11.3 Å². The summed E-state index contributed by atoms with van der Waals surface area (Å²) in [6.07, 6.45) is 8.18. The van der Waals surface area contributed by atoms with Crippen molar-refractivity contribution in [2.75, 3.05) is 61.4 Å². The highest BCUT2D eigenvalue weighted by molar-refractivity contribution is 7.13. The standard InChI is InChI=1S/C58H69F2N11O7S/c1-32(2)54(58(75)70-30-40(72)22-49(70)57(74)64-33(3)43-23-46(60)44(24-45(43)59)55-34(4)63-31-79-55)51-26-53(67-78-51)76-18-14-35-12-16-68(17-13-35)27-36-19-41(20-36)77-52-21-37(11-15-62-52)71-38-9-10-39(71)29-69(28-38)48-25-47(65-66-56(48)61)42-7-5-6-8-50(42)73/h5-8,11,15,21,23-26,31-33,35-36,38-41,49,54,72-73H,9-10,12-14,16-20,22,27-30H2,1-4H3,(H2,61,66)(H,64,74)/t33-,36-,38?,39?,40+,41-,49-,54+/m0/s1. The molecule has 4 aliphatic heterocycles. The molecule has 2 amide bonds. The summed E-state index contributed by atoms with van der Waals surface area (Å²) in [5, 5.41) is 36.6. The zero-order valence-corrected chi connectivity index (χ0v) is 45.8. The van der Waals surface area contributed by atoms with E-state index in [1.807, 2.05) is 38.2 Å². The Morgan fingerprint density at radius 3 is 2.41 bits per heavy atom. The van der Waals surface area contributed by atoms with Gasteiger partial charge in [0, 0.05) is 85.4 Å². The molecule has 11 rings (SSSR count). The number of nitrogens with two attached hydrogens (primary N) is 1. The number of fused-ring (bicyclic) bond motifs is 2. The van der Waals surface area contributed by atoms with E-state index in [1.54, 1.807) is 37.6 Å². The fraction of sp³-hybridized carbons (Fsp3) is 0.500. The van der Waals surface area contributed by atoms with Gasteiger partial charge in [-0.2, -0.15) is 0 Å². The maximum Gasteiger partial charge on any atom is 0.254 e. The highest BCUT2D eigenvalue weighted by Gasteiger charge is 2.45. The monoisotopic (exact) mass is 1100 g/mol. The van der Waals surface area contributed by atoms with Crippen LogP contribution < -0.4 is 30.3 Å². The van der Waals surface area contributed by atoms with E-state index in [9.17, 15) is 19.8 Å². The number of pyridine rings is 1. The van der Waals surface area contributed by atoms with Gasteiger partial charge in [0.25, 0.3) is 5.88 Å². The number of rotatable bonds is 18. The predicted molar refractivity (Wildman–Crippen MR) is 295 cm³/mol. The first-order chi connectivity index (χ1) is 38.1. The lowest BCUT2D eigenvalue weighted by Crippen LogP contribution is -2.54. The van der Waals surface area contributed by atoms with Gasteiger partial charge >= 0.3 is 0 Å². The van der Waals surface area contributed by atoms with Crippen LogP contribution in [0.15, 0.2) is 76.9 Å². The molecule has 21 heteroatoms. The van der Waals surface area contributed by atoms with Crippen molar-refractivity contribution in [1.29, 1.82) is 0 Å². The molecule has 2 aromatic carbocycles. The molecule has 6 atom stereocenters. The van der Waals surface area contributed by atoms with Crippen molar-refractivity contribution in [3.05, 3.63) is 101 Å². The van der Waals surface area contributed by atoms with Crippen LogP contribution in [-0.4, -0.2) is 133 Å². The number of nitrogens with zero attached hydrogens (tertiary/aromatic N) is 9. The van der Waals surface area contributed by atoms with Gasteiger partial charge in [0.2, 0.25) is 17.7 Å². The molecule has 8 heterocycles. The minimum Gasteiger partial charge on any atom is -0.507 e. The van der Waals surface area contributed by atoms with Crippen molar-refractivity contribution in [1.82, 2.24) is 40.4 Å². The Morgan fingerprint density at radius 1 is 0.899 bits per heavy atom. The van der Waals surface area contributed by atoms with E-state index in [4.69, 9.17) is 19.7 Å². The number of halogens is 2. The van der Waals surface area contributed by atoms with Crippen LogP contribution in [0, 0.1) is 36.3 Å². The summed E-state index contributed by atoms with van der Waals surface area (Å²) in [4.78, 5) is 46.0. The van der Waals surface area contributed by atoms with Crippen molar-refractivity contribution in [3.8, 4) is 39.2 Å². The first-order valence-electron chi connectivity index (χ1n) is 27.7. The second-order valence-corrected chi connectivity index (χ2v) is 23.4. The zero-order chi connectivity index (χ0) is 55.1. The molecule has 6 aromatic rings. The molecular weight excluding hydrogens is 1030 g/mol. The number of aliphatic hydroxyl groups is 1. The van der Waals surface area contributed by atoms with E-state index in [1.165, 1.54) is 16.2 Å². The van der Waals surface area contributed by atoms with Crippen molar-refractivity contribution in [2.24, 2.45) is 17.8 Å². The first-order valence-corrected chi connectivity index (χ1v) is 28.6. The molecule has 418 valence electrons. The van der Waals surface area contributed by atoms with E-state index >= 15 is 8.78 Å². The maximum absolute atomic E-state index is 15.4. The molecule has 18 nitrogen and oxygen atoms in total. The molecular formula is C58H69F2N11O7S. The number of piperazine rings is 1. The van der Waals surface area contributed by atoms with Crippen LogP contribution in [0.1, 0.15) is 101 Å². The minimum absolute atomic E-state index is 0.0120. The summed E-state index contributed by atoms with van der Waals surface area (Å²) in [6.45, 7) is 12.1. The maximum atomic E-state index is 15.4. The number of anilines is 3. The number of phenolic OH excluding ortho intramolecular Hbond substituents is 1. The van der Waals surface area contributed by atoms with E-state index in [-0.39, 0.29) is 47.7 Å². The summed E-state index contributed by atoms with van der Waals surface area (Å²) in [5.41, 5.74) is 11.8. The normalized spacial score (nSPS) is 23.2. The van der Waals surface area contributed by atoms with Crippen LogP contribution in [0.2, 0.25) is 0 Å². The molecule has 4 saturated heterocycles. The second kappa shape index (κ2) is 23.0. The van der Waals surface area contributed by atoms with Crippen LogP contribution in [0.4, 0.5) is 26.0 Å². The zero-order valence-electron chi connectivity index (χ0n) is 45.0. The van der Waals surface area contributed by atoms with Gasteiger partial charge in [-0.1, -0.05) is 26.0 Å². The van der Waals surface area contributed by atoms with Gasteiger partial charge in [0.15, 0.2) is 11.6 Å². The smallest absolute Gasteiger partial charge is 0.254 e. The summed E-state index contributed by atoms with van der Waals surface area (Å²) in [6, 6.07) is 15.7. The SMILES string of the molecule is Cc1ncsc1-c1cc(F)c([C@H](C)NC(=O)[C@@H]2C[C@@H](O)CN2C(=O)[C@@H](c2cc(OCCC3CCN(C[C@H]4C[C@H](Oc5cc(N6C7CCC6CN(c6cc(-c8ccccc8O)nnc6N)C7)ccn5)C4)CC3)no2)C(C)C)cc1F. The number of carbonyl (C=O) groups is 2. The molecule has 2 unspecified atom stereocenters. The van der Waals surface area contributed by atoms with Gasteiger partial charge in [-0.15, -0.1) is 21.5 Å². The first kappa shape index (κ1) is 54.0. The quantitative estimate of drug-likeness (QED) is 0.0636. The highest BCUT2D eigenvalue weighted by atomic mass is 32.1. The number of ether oxygens (including phenoxy) is 2. The average molecular weight is 1100 g/mol. The molecule has 1 saturated carbocycles. The van der Waals surface area contributed by atoms with Crippen LogP contribution in [0.5, 0.6) is 17.5 Å². The molecule has 5 fully saturated rings. The number of likely N-dealkylation sites (tertiary alicyclic amines) is 2. The summed E-state index contributed by atoms with van der Waals surface area (Å²) < 4.78 is 49.0. The van der Waals surface area contributed by atoms with Crippen molar-refractivity contribution >= 4 is 40.3 Å². The number of hydrogen-bond acceptors (Lipinski definition) is 17. The number of nitrogens with one attached hydrogen (secondary N) is 1. The number of β-amino-alcohol motifs (C(OH)–C–C–N with tert-alkyl or cyclic N) is 1. The van der Waals surface area contributed by atoms with Gasteiger partial charge in [0.05, 0.1) is 46.2 Å². The number of amides is 2. The molecule has 79 heavy (non-hydrogen) atoms. The highest BCUT2D eigenvalue weighted by Crippen LogP contribution is 2.41. The topological polar surface area (TPSA) is 222 Å². The van der Waals surface area contributed by atoms with E-state index in [0.29, 0.717) is 69.8 Å². The van der Waals surface area contributed by atoms with Gasteiger partial charge in [0.1, 0.15) is 35.4 Å². The van der Waals surface area contributed by atoms with Gasteiger partial charge in [-0.25, -0.2) is 18.7 Å². The number of nitrogen functional groups attached to an aromatic ring is 1. The molecule has 5 N–H and O–H groups in total. The Balaban J connectivity index is 0.607. The van der Waals surface area contributed by atoms with Crippen LogP contribution in [-0.2, 0) is 9.59 Å². The number of para-hydroxylation sites is 1. The number of aryl methyl sites for hydroxylation is 1. The Labute approximate surface area is 462 Å². The molecule has 0 radical (unpaired) electrons. The van der Waals surface area contributed by atoms with E-state index in [2.05, 4.69) is 57.5 Å².